The Hall–Kier alpha value is -0.0766. The molecule has 1 aromatic rings. The molecule has 0 aliphatic carbocycles. The third-order valence-electron chi connectivity index (χ3n) is 1.05. The van der Waals surface area contributed by atoms with Crippen molar-refractivity contribution < 1.29 is 32.6 Å². The average Bonchev–Trinajstić information content (AvgIpc) is 1.88. The summed E-state index contributed by atoms with van der Waals surface area (Å²) in [5.41, 5.74) is -0.633. The standard InChI is InChI=1S/C7H4F3.ClH.Zn/c8-7(9,10)6-4-2-1-3-5-6;;/h2-5H;1H;/q-1;;. The maximum absolute atomic E-state index is 11.8. The second kappa shape index (κ2) is 5.55. The van der Waals surface area contributed by atoms with Gasteiger partial charge in [0.15, 0.2) is 0 Å². The minimum absolute atomic E-state index is 0. The van der Waals surface area contributed by atoms with Crippen molar-refractivity contribution in [2.45, 2.75) is 6.18 Å². The van der Waals surface area contributed by atoms with E-state index in [-0.39, 0.29) is 31.9 Å². The molecule has 0 nitrogen and oxygen atoms in total. The van der Waals surface area contributed by atoms with Crippen LogP contribution in [0.15, 0.2) is 24.3 Å². The molecule has 64 valence electrons. The van der Waals surface area contributed by atoms with Crippen molar-refractivity contribution in [2.24, 2.45) is 0 Å². The van der Waals surface area contributed by atoms with Crippen molar-refractivity contribution in [1.29, 1.82) is 0 Å². The van der Waals surface area contributed by atoms with Gasteiger partial charge in [-0.3, -0.25) is 0 Å². The molecule has 0 saturated heterocycles. The van der Waals surface area contributed by atoms with Crippen LogP contribution in [0.5, 0.6) is 0 Å². The summed E-state index contributed by atoms with van der Waals surface area (Å²) >= 11 is 0. The van der Waals surface area contributed by atoms with E-state index in [4.69, 9.17) is 0 Å². The molecule has 5 heteroatoms. The van der Waals surface area contributed by atoms with E-state index < -0.39 is 11.7 Å². The van der Waals surface area contributed by atoms with Crippen molar-refractivity contribution in [3.05, 3.63) is 35.9 Å². The minimum atomic E-state index is -4.23. The Kier molecular flexibility index (Phi) is 6.68. The van der Waals surface area contributed by atoms with Crippen molar-refractivity contribution >= 4 is 12.4 Å². The van der Waals surface area contributed by atoms with Crippen LogP contribution in [0, 0.1) is 6.07 Å². The van der Waals surface area contributed by atoms with Gasteiger partial charge in [-0.2, -0.15) is 43.5 Å². The van der Waals surface area contributed by atoms with Crippen LogP contribution < -0.4 is 0 Å². The summed E-state index contributed by atoms with van der Waals surface area (Å²) in [6, 6.07) is 6.95. The van der Waals surface area contributed by atoms with Gasteiger partial charge in [0.2, 0.25) is 0 Å². The zero-order valence-electron chi connectivity index (χ0n) is 6.06. The molecule has 0 fully saturated rings. The Bertz CT molecular complexity index is 210. The molecule has 0 bridgehead atoms. The molecular weight excluding hydrogens is 242 g/mol. The summed E-state index contributed by atoms with van der Waals surface area (Å²) in [6.07, 6.45) is -4.23. The molecule has 0 unspecified atom stereocenters. The van der Waals surface area contributed by atoms with E-state index in [0.717, 1.165) is 12.1 Å². The first-order valence-corrected chi connectivity index (χ1v) is 2.64. The van der Waals surface area contributed by atoms with E-state index in [2.05, 4.69) is 6.07 Å². The zero-order chi connectivity index (χ0) is 7.61. The minimum Gasteiger partial charge on any atom is -0.184 e. The van der Waals surface area contributed by atoms with Crippen LogP contribution >= 0.6 is 12.4 Å². The van der Waals surface area contributed by atoms with Crippen LogP contribution in [0.3, 0.4) is 0 Å². The normalized spacial score (nSPS) is 9.58. The van der Waals surface area contributed by atoms with E-state index in [9.17, 15) is 13.2 Å². The van der Waals surface area contributed by atoms with Gasteiger partial charge in [-0.05, 0) is 0 Å². The van der Waals surface area contributed by atoms with Crippen molar-refractivity contribution in [1.82, 2.24) is 0 Å². The molecule has 0 amide bonds. The molecule has 0 aromatic heterocycles. The number of halogens is 4. The molecule has 0 aliphatic heterocycles. The summed E-state index contributed by atoms with van der Waals surface area (Å²) in [6.45, 7) is 0. The fourth-order valence-corrected chi connectivity index (χ4v) is 0.576. The Morgan fingerprint density at radius 3 is 1.75 bits per heavy atom. The summed E-state index contributed by atoms with van der Waals surface area (Å²) in [7, 11) is 0. The molecule has 0 atom stereocenters. The predicted molar refractivity (Wildman–Crippen MR) is 37.5 cm³/mol. The molecule has 12 heavy (non-hydrogen) atoms. The van der Waals surface area contributed by atoms with Gasteiger partial charge in [0.1, 0.15) is 0 Å². The smallest absolute Gasteiger partial charge is 0.184 e. The first-order chi connectivity index (χ1) is 4.61. The van der Waals surface area contributed by atoms with E-state index in [1.165, 1.54) is 12.1 Å². The maximum Gasteiger partial charge on any atom is 0.394 e. The van der Waals surface area contributed by atoms with Crippen LogP contribution in [0.2, 0.25) is 0 Å². The van der Waals surface area contributed by atoms with Crippen LogP contribution in [0.25, 0.3) is 0 Å². The van der Waals surface area contributed by atoms with Crippen molar-refractivity contribution in [3.8, 4) is 0 Å². The molecule has 1 aromatic carbocycles. The first-order valence-electron chi connectivity index (χ1n) is 2.64. The number of benzene rings is 1. The van der Waals surface area contributed by atoms with E-state index in [1.54, 1.807) is 0 Å². The Balaban J connectivity index is 0. The molecule has 0 aliphatic rings. The molecule has 0 N–H and O–H groups in total. The van der Waals surface area contributed by atoms with Gasteiger partial charge in [0.05, 0.1) is 0 Å². The number of hydrogen-bond donors (Lipinski definition) is 0. The molecule has 0 spiro atoms. The third-order valence-corrected chi connectivity index (χ3v) is 1.05. The van der Waals surface area contributed by atoms with Gasteiger partial charge in [-0.15, -0.1) is 12.4 Å². The van der Waals surface area contributed by atoms with E-state index in [1.807, 2.05) is 0 Å². The number of hydrogen-bond acceptors (Lipinski definition) is 0. The summed E-state index contributed by atoms with van der Waals surface area (Å²) in [5, 5.41) is 0. The van der Waals surface area contributed by atoms with Gasteiger partial charge in [0.25, 0.3) is 0 Å². The molecule has 0 saturated carbocycles. The summed E-state index contributed by atoms with van der Waals surface area (Å²) < 4.78 is 35.3. The van der Waals surface area contributed by atoms with E-state index >= 15 is 0 Å². The van der Waals surface area contributed by atoms with Crippen molar-refractivity contribution in [3.63, 3.8) is 0 Å². The van der Waals surface area contributed by atoms with Crippen LogP contribution in [0.4, 0.5) is 13.2 Å². The fourth-order valence-electron chi connectivity index (χ4n) is 0.576. The quantitative estimate of drug-likeness (QED) is 0.488. The largest absolute Gasteiger partial charge is 0.394 e. The second-order valence-corrected chi connectivity index (χ2v) is 1.79. The summed E-state index contributed by atoms with van der Waals surface area (Å²) in [4.78, 5) is 0. The molecular formula is C7H5ClF3Zn-. The zero-order valence-corrected chi connectivity index (χ0v) is 9.84. The maximum atomic E-state index is 11.8. The van der Waals surface area contributed by atoms with Gasteiger partial charge in [-0.25, -0.2) is 0 Å². The fraction of sp³-hybridized carbons (Fsp3) is 0.143. The molecule has 0 heterocycles. The molecule has 0 radical (unpaired) electrons. The SMILES string of the molecule is Cl.FC(F)(F)c1cc[c-]cc1.[Zn]. The Labute approximate surface area is 87.3 Å². The molecule has 1 rings (SSSR count). The Morgan fingerprint density at radius 2 is 1.50 bits per heavy atom. The second-order valence-electron chi connectivity index (χ2n) is 1.79. The van der Waals surface area contributed by atoms with Crippen LogP contribution in [-0.4, -0.2) is 0 Å². The summed E-state index contributed by atoms with van der Waals surface area (Å²) in [5.74, 6) is 0. The van der Waals surface area contributed by atoms with Gasteiger partial charge >= 0.3 is 6.18 Å². The average molecular weight is 247 g/mol. The van der Waals surface area contributed by atoms with Gasteiger partial charge in [0, 0.05) is 19.5 Å². The van der Waals surface area contributed by atoms with Crippen LogP contribution in [0.1, 0.15) is 5.56 Å². The predicted octanol–water partition coefficient (Wildman–Crippen LogP) is 2.92. The van der Waals surface area contributed by atoms with Crippen LogP contribution in [-0.2, 0) is 25.7 Å². The third kappa shape index (κ3) is 4.08. The Morgan fingerprint density at radius 1 is 1.08 bits per heavy atom. The van der Waals surface area contributed by atoms with Gasteiger partial charge in [-0.1, -0.05) is 5.56 Å². The number of rotatable bonds is 0. The number of alkyl halides is 3. The first kappa shape index (κ1) is 14.4. The van der Waals surface area contributed by atoms with E-state index in [0.29, 0.717) is 0 Å². The monoisotopic (exact) mass is 245 g/mol. The topological polar surface area (TPSA) is 0 Å². The van der Waals surface area contributed by atoms with Gasteiger partial charge < -0.3 is 0 Å². The van der Waals surface area contributed by atoms with Crippen molar-refractivity contribution in [2.75, 3.05) is 0 Å².